The molecule has 0 aliphatic heterocycles. The van der Waals surface area contributed by atoms with Crippen molar-refractivity contribution in [2.24, 2.45) is 5.41 Å². The van der Waals surface area contributed by atoms with Crippen molar-refractivity contribution >= 4 is 11.6 Å². The van der Waals surface area contributed by atoms with E-state index in [-0.39, 0.29) is 5.91 Å². The zero-order chi connectivity index (χ0) is 15.0. The van der Waals surface area contributed by atoms with Gasteiger partial charge in [-0.05, 0) is 25.0 Å². The molecule has 2 N–H and O–H groups in total. The van der Waals surface area contributed by atoms with Crippen LogP contribution >= 0.6 is 0 Å². The minimum atomic E-state index is -0.417. The van der Waals surface area contributed by atoms with Crippen LogP contribution in [0.1, 0.15) is 45.4 Å². The smallest absolute Gasteiger partial charge is 0.229 e. The highest BCUT2D eigenvalue weighted by atomic mass is 16.2. The van der Waals surface area contributed by atoms with Gasteiger partial charge in [-0.2, -0.15) is 5.10 Å². The van der Waals surface area contributed by atoms with Crippen molar-refractivity contribution < 1.29 is 4.79 Å². The predicted octanol–water partition coefficient (Wildman–Crippen LogP) is 3.33. The number of aromatic nitrogens is 3. The van der Waals surface area contributed by atoms with Gasteiger partial charge < -0.3 is 5.32 Å². The average Bonchev–Trinajstić information content (AvgIpc) is 3.16. The fourth-order valence-corrected chi connectivity index (χ4v) is 2.00. The van der Waals surface area contributed by atoms with Gasteiger partial charge in [0.05, 0.1) is 0 Å². The standard InChI is InChI=1S/C16H20N4O/c1-16(2,3)15(21)17-12-6-4-5-11(9-12)14-18-13(19-20-14)10-7-8-10/h4-6,9-10H,7-8H2,1-3H3,(H,17,21)(H,18,19,20). The van der Waals surface area contributed by atoms with Crippen LogP contribution in [0.2, 0.25) is 0 Å². The van der Waals surface area contributed by atoms with Crippen LogP contribution in [0.15, 0.2) is 24.3 Å². The second-order valence-electron chi connectivity index (χ2n) is 6.60. The fraction of sp³-hybridized carbons (Fsp3) is 0.438. The lowest BCUT2D eigenvalue weighted by atomic mass is 9.95. The Morgan fingerprint density at radius 3 is 2.76 bits per heavy atom. The van der Waals surface area contributed by atoms with Crippen LogP contribution in [-0.2, 0) is 4.79 Å². The van der Waals surface area contributed by atoms with Gasteiger partial charge in [0.25, 0.3) is 0 Å². The third-order valence-corrected chi connectivity index (χ3v) is 3.53. The Hall–Kier alpha value is -2.17. The number of amides is 1. The maximum Gasteiger partial charge on any atom is 0.229 e. The molecule has 1 aromatic carbocycles. The van der Waals surface area contributed by atoms with E-state index >= 15 is 0 Å². The second-order valence-corrected chi connectivity index (χ2v) is 6.60. The van der Waals surface area contributed by atoms with Crippen molar-refractivity contribution in [1.29, 1.82) is 0 Å². The lowest BCUT2D eigenvalue weighted by Crippen LogP contribution is -2.27. The molecule has 1 saturated carbocycles. The van der Waals surface area contributed by atoms with Crippen molar-refractivity contribution in [1.82, 2.24) is 15.2 Å². The first kappa shape index (κ1) is 13.8. The zero-order valence-corrected chi connectivity index (χ0v) is 12.6. The first-order chi connectivity index (χ1) is 9.93. The first-order valence-electron chi connectivity index (χ1n) is 7.28. The van der Waals surface area contributed by atoms with Gasteiger partial charge in [-0.15, -0.1) is 0 Å². The molecule has 1 aliphatic carbocycles. The second kappa shape index (κ2) is 4.98. The van der Waals surface area contributed by atoms with Gasteiger partial charge in [0.1, 0.15) is 5.82 Å². The van der Waals surface area contributed by atoms with E-state index in [1.807, 2.05) is 45.0 Å². The van der Waals surface area contributed by atoms with Gasteiger partial charge in [-0.1, -0.05) is 32.9 Å². The number of benzene rings is 1. The van der Waals surface area contributed by atoms with Crippen LogP contribution in [0.25, 0.3) is 11.4 Å². The molecule has 0 atom stereocenters. The van der Waals surface area contributed by atoms with Crippen LogP contribution in [0.4, 0.5) is 5.69 Å². The van der Waals surface area contributed by atoms with Crippen molar-refractivity contribution in [3.63, 3.8) is 0 Å². The largest absolute Gasteiger partial charge is 0.326 e. The van der Waals surface area contributed by atoms with Crippen LogP contribution < -0.4 is 5.32 Å². The summed E-state index contributed by atoms with van der Waals surface area (Å²) >= 11 is 0. The normalized spacial score (nSPS) is 15.0. The molecular weight excluding hydrogens is 264 g/mol. The molecule has 3 rings (SSSR count). The lowest BCUT2D eigenvalue weighted by molar-refractivity contribution is -0.123. The third kappa shape index (κ3) is 3.12. The molecule has 1 aliphatic rings. The van der Waals surface area contributed by atoms with E-state index in [4.69, 9.17) is 0 Å². The van der Waals surface area contributed by atoms with Gasteiger partial charge in [0.15, 0.2) is 5.82 Å². The summed E-state index contributed by atoms with van der Waals surface area (Å²) in [5, 5.41) is 10.2. The Kier molecular flexibility index (Phi) is 3.27. The first-order valence-corrected chi connectivity index (χ1v) is 7.28. The molecule has 0 radical (unpaired) electrons. The number of hydrogen-bond acceptors (Lipinski definition) is 3. The lowest BCUT2D eigenvalue weighted by Gasteiger charge is -2.17. The maximum atomic E-state index is 12.0. The summed E-state index contributed by atoms with van der Waals surface area (Å²) in [5.74, 6) is 2.20. The van der Waals surface area contributed by atoms with E-state index in [0.717, 1.165) is 17.1 Å². The Morgan fingerprint density at radius 1 is 1.33 bits per heavy atom. The SMILES string of the molecule is CC(C)(C)C(=O)Nc1cccc(-c2n[nH]c(C3CC3)n2)c1. The highest BCUT2D eigenvalue weighted by Gasteiger charge is 2.27. The van der Waals surface area contributed by atoms with Crippen molar-refractivity contribution in [2.75, 3.05) is 5.32 Å². The molecule has 5 heteroatoms. The van der Waals surface area contributed by atoms with Crippen molar-refractivity contribution in [3.8, 4) is 11.4 Å². The molecule has 0 saturated heterocycles. The molecule has 5 nitrogen and oxygen atoms in total. The van der Waals surface area contributed by atoms with E-state index in [1.54, 1.807) is 0 Å². The van der Waals surface area contributed by atoms with E-state index in [0.29, 0.717) is 11.7 Å². The number of nitrogens with one attached hydrogen (secondary N) is 2. The van der Waals surface area contributed by atoms with E-state index in [2.05, 4.69) is 20.5 Å². The molecule has 1 fully saturated rings. The van der Waals surface area contributed by atoms with Crippen molar-refractivity contribution in [3.05, 3.63) is 30.1 Å². The number of rotatable bonds is 3. The summed E-state index contributed by atoms with van der Waals surface area (Å²) < 4.78 is 0. The maximum absolute atomic E-state index is 12.0. The van der Waals surface area contributed by atoms with Gasteiger partial charge in [0, 0.05) is 22.6 Å². The topological polar surface area (TPSA) is 70.7 Å². The Balaban J connectivity index is 1.80. The molecule has 2 aromatic rings. The monoisotopic (exact) mass is 284 g/mol. The number of carbonyl (C=O) groups excluding carboxylic acids is 1. The Bertz CT molecular complexity index is 665. The minimum Gasteiger partial charge on any atom is -0.326 e. The molecule has 0 unspecified atom stereocenters. The highest BCUT2D eigenvalue weighted by Crippen LogP contribution is 2.38. The minimum absolute atomic E-state index is 0.00620. The van der Waals surface area contributed by atoms with Crippen LogP contribution in [0.5, 0.6) is 0 Å². The number of nitrogens with zero attached hydrogens (tertiary/aromatic N) is 2. The molecule has 1 heterocycles. The summed E-state index contributed by atoms with van der Waals surface area (Å²) in [5.41, 5.74) is 1.26. The zero-order valence-electron chi connectivity index (χ0n) is 12.6. The number of carbonyl (C=O) groups is 1. The van der Waals surface area contributed by atoms with Crippen LogP contribution in [0, 0.1) is 5.41 Å². The number of anilines is 1. The van der Waals surface area contributed by atoms with E-state index in [1.165, 1.54) is 12.8 Å². The van der Waals surface area contributed by atoms with E-state index in [9.17, 15) is 4.79 Å². The summed E-state index contributed by atoms with van der Waals surface area (Å²) in [4.78, 5) is 16.6. The molecule has 0 spiro atoms. The van der Waals surface area contributed by atoms with Gasteiger partial charge >= 0.3 is 0 Å². The van der Waals surface area contributed by atoms with Gasteiger partial charge in [-0.3, -0.25) is 9.89 Å². The number of H-pyrrole nitrogens is 1. The average molecular weight is 284 g/mol. The van der Waals surface area contributed by atoms with Gasteiger partial charge in [0.2, 0.25) is 5.91 Å². The molecule has 0 bridgehead atoms. The van der Waals surface area contributed by atoms with E-state index < -0.39 is 5.41 Å². The molecule has 110 valence electrons. The number of hydrogen-bond donors (Lipinski definition) is 2. The number of aromatic amines is 1. The Labute approximate surface area is 124 Å². The fourth-order valence-electron chi connectivity index (χ4n) is 2.00. The molecule has 1 amide bonds. The molecule has 21 heavy (non-hydrogen) atoms. The Morgan fingerprint density at radius 2 is 2.10 bits per heavy atom. The van der Waals surface area contributed by atoms with Crippen LogP contribution in [0.3, 0.4) is 0 Å². The summed E-state index contributed by atoms with van der Waals surface area (Å²) in [6.45, 7) is 5.68. The van der Waals surface area contributed by atoms with Gasteiger partial charge in [-0.25, -0.2) is 4.98 Å². The molecular formula is C16H20N4O. The predicted molar refractivity (Wildman–Crippen MR) is 81.9 cm³/mol. The van der Waals surface area contributed by atoms with Crippen molar-refractivity contribution in [2.45, 2.75) is 39.5 Å². The summed E-state index contributed by atoms with van der Waals surface area (Å²) in [6, 6.07) is 7.64. The molecule has 1 aromatic heterocycles. The van der Waals surface area contributed by atoms with Crippen LogP contribution in [-0.4, -0.2) is 21.1 Å². The summed E-state index contributed by atoms with van der Waals surface area (Å²) in [7, 11) is 0. The summed E-state index contributed by atoms with van der Waals surface area (Å²) in [6.07, 6.45) is 2.38. The quantitative estimate of drug-likeness (QED) is 0.908. The highest BCUT2D eigenvalue weighted by molar-refractivity contribution is 5.94. The third-order valence-electron chi connectivity index (χ3n) is 3.53.